The SMILES string of the molecule is COC(=O)C(C)N1CCN(S(=O)(=O)c2ccc(C)cc2)CC1. The summed E-state index contributed by atoms with van der Waals surface area (Å²) >= 11 is 0. The topological polar surface area (TPSA) is 66.9 Å². The van der Waals surface area contributed by atoms with Gasteiger partial charge in [0.2, 0.25) is 10.0 Å². The van der Waals surface area contributed by atoms with E-state index in [2.05, 4.69) is 0 Å². The van der Waals surface area contributed by atoms with Gasteiger partial charge in [0.25, 0.3) is 0 Å². The molecule has 0 aromatic heterocycles. The fraction of sp³-hybridized carbons (Fsp3) is 0.533. The van der Waals surface area contributed by atoms with Gasteiger partial charge in [0.15, 0.2) is 0 Å². The third kappa shape index (κ3) is 3.48. The van der Waals surface area contributed by atoms with E-state index >= 15 is 0 Å². The van der Waals surface area contributed by atoms with Crippen LogP contribution in [-0.4, -0.2) is 62.9 Å². The van der Waals surface area contributed by atoms with E-state index in [-0.39, 0.29) is 12.0 Å². The first-order valence-corrected chi connectivity index (χ1v) is 8.69. The van der Waals surface area contributed by atoms with E-state index in [1.165, 1.54) is 11.4 Å². The van der Waals surface area contributed by atoms with Crippen LogP contribution < -0.4 is 0 Å². The smallest absolute Gasteiger partial charge is 0.322 e. The molecule has 1 fully saturated rings. The second-order valence-electron chi connectivity index (χ2n) is 5.45. The van der Waals surface area contributed by atoms with Crippen molar-refractivity contribution in [1.29, 1.82) is 0 Å². The quantitative estimate of drug-likeness (QED) is 0.768. The maximum atomic E-state index is 12.6. The van der Waals surface area contributed by atoms with E-state index in [0.717, 1.165) is 5.56 Å². The first-order chi connectivity index (χ1) is 10.4. The third-order valence-corrected chi connectivity index (χ3v) is 5.93. The number of esters is 1. The van der Waals surface area contributed by atoms with Gasteiger partial charge in [-0.05, 0) is 26.0 Å². The number of methoxy groups -OCH3 is 1. The summed E-state index contributed by atoms with van der Waals surface area (Å²) in [4.78, 5) is 13.8. The van der Waals surface area contributed by atoms with Crippen LogP contribution in [0.15, 0.2) is 29.2 Å². The molecule has 1 aliphatic heterocycles. The van der Waals surface area contributed by atoms with Gasteiger partial charge < -0.3 is 4.74 Å². The second kappa shape index (κ2) is 6.76. The highest BCUT2D eigenvalue weighted by Crippen LogP contribution is 2.19. The Bertz CT molecular complexity index is 619. The average Bonchev–Trinajstić information content (AvgIpc) is 2.54. The van der Waals surface area contributed by atoms with Crippen molar-refractivity contribution in [3.63, 3.8) is 0 Å². The highest BCUT2D eigenvalue weighted by Gasteiger charge is 2.31. The minimum atomic E-state index is -3.46. The van der Waals surface area contributed by atoms with Crippen molar-refractivity contribution >= 4 is 16.0 Å². The van der Waals surface area contributed by atoms with Crippen LogP contribution in [0.5, 0.6) is 0 Å². The van der Waals surface area contributed by atoms with Crippen molar-refractivity contribution < 1.29 is 17.9 Å². The fourth-order valence-corrected chi connectivity index (χ4v) is 3.93. The molecule has 1 aromatic rings. The van der Waals surface area contributed by atoms with E-state index in [0.29, 0.717) is 31.1 Å². The zero-order valence-electron chi connectivity index (χ0n) is 13.2. The Hall–Kier alpha value is -1.44. The summed E-state index contributed by atoms with van der Waals surface area (Å²) in [5.41, 5.74) is 1.02. The third-order valence-electron chi connectivity index (χ3n) is 4.02. The van der Waals surface area contributed by atoms with Gasteiger partial charge in [0.05, 0.1) is 12.0 Å². The number of ether oxygens (including phenoxy) is 1. The molecule has 22 heavy (non-hydrogen) atoms. The monoisotopic (exact) mass is 326 g/mol. The van der Waals surface area contributed by atoms with Crippen LogP contribution in [0.3, 0.4) is 0 Å². The van der Waals surface area contributed by atoms with Crippen molar-refractivity contribution in [1.82, 2.24) is 9.21 Å². The molecule has 1 atom stereocenters. The molecule has 0 radical (unpaired) electrons. The zero-order chi connectivity index (χ0) is 16.3. The van der Waals surface area contributed by atoms with Crippen LogP contribution >= 0.6 is 0 Å². The molecule has 0 aliphatic carbocycles. The van der Waals surface area contributed by atoms with Gasteiger partial charge in [0.1, 0.15) is 6.04 Å². The molecule has 0 amide bonds. The van der Waals surface area contributed by atoms with Gasteiger partial charge in [-0.3, -0.25) is 9.69 Å². The highest BCUT2D eigenvalue weighted by molar-refractivity contribution is 7.89. The summed E-state index contributed by atoms with van der Waals surface area (Å²) in [5, 5.41) is 0. The van der Waals surface area contributed by atoms with Crippen molar-refractivity contribution in [3.05, 3.63) is 29.8 Å². The van der Waals surface area contributed by atoms with E-state index < -0.39 is 10.0 Å². The van der Waals surface area contributed by atoms with Crippen molar-refractivity contribution in [2.75, 3.05) is 33.3 Å². The van der Waals surface area contributed by atoms with Crippen LogP contribution in [0, 0.1) is 6.92 Å². The van der Waals surface area contributed by atoms with Gasteiger partial charge in [-0.15, -0.1) is 0 Å². The fourth-order valence-electron chi connectivity index (χ4n) is 2.51. The lowest BCUT2D eigenvalue weighted by molar-refractivity contribution is -0.146. The molecule has 1 heterocycles. The Morgan fingerprint density at radius 1 is 1.14 bits per heavy atom. The number of carbonyl (C=O) groups is 1. The van der Waals surface area contributed by atoms with E-state index in [1.54, 1.807) is 31.2 Å². The summed E-state index contributed by atoms with van der Waals surface area (Å²) in [7, 11) is -2.11. The summed E-state index contributed by atoms with van der Waals surface area (Å²) in [6.45, 7) is 5.47. The predicted molar refractivity (Wildman–Crippen MR) is 83.0 cm³/mol. The molecule has 1 saturated heterocycles. The van der Waals surface area contributed by atoms with E-state index in [4.69, 9.17) is 4.74 Å². The number of nitrogens with zero attached hydrogens (tertiary/aromatic N) is 2. The van der Waals surface area contributed by atoms with Crippen LogP contribution in [-0.2, 0) is 19.6 Å². The normalized spacial score (nSPS) is 18.9. The number of aryl methyl sites for hydroxylation is 1. The van der Waals surface area contributed by atoms with Crippen molar-refractivity contribution in [2.24, 2.45) is 0 Å². The number of hydrogen-bond acceptors (Lipinski definition) is 5. The Balaban J connectivity index is 2.04. The molecule has 0 N–H and O–H groups in total. The van der Waals surface area contributed by atoms with Gasteiger partial charge in [0, 0.05) is 26.2 Å². The van der Waals surface area contributed by atoms with E-state index in [1.807, 2.05) is 11.8 Å². The maximum Gasteiger partial charge on any atom is 0.322 e. The molecular formula is C15H22N2O4S. The van der Waals surface area contributed by atoms with Crippen LogP contribution in [0.4, 0.5) is 0 Å². The molecule has 0 spiro atoms. The lowest BCUT2D eigenvalue weighted by Crippen LogP contribution is -2.53. The molecule has 1 aromatic carbocycles. The largest absolute Gasteiger partial charge is 0.468 e. The Morgan fingerprint density at radius 2 is 1.68 bits per heavy atom. The van der Waals surface area contributed by atoms with E-state index in [9.17, 15) is 13.2 Å². The summed E-state index contributed by atoms with van der Waals surface area (Å²) in [5.74, 6) is -0.296. The number of sulfonamides is 1. The van der Waals surface area contributed by atoms with Crippen LogP contribution in [0.25, 0.3) is 0 Å². The van der Waals surface area contributed by atoms with Crippen LogP contribution in [0.2, 0.25) is 0 Å². The van der Waals surface area contributed by atoms with Gasteiger partial charge in [-0.1, -0.05) is 17.7 Å². The molecule has 122 valence electrons. The first kappa shape index (κ1) is 16.9. The number of hydrogen-bond donors (Lipinski definition) is 0. The number of benzene rings is 1. The number of piperazine rings is 1. The van der Waals surface area contributed by atoms with Crippen molar-refractivity contribution in [3.8, 4) is 0 Å². The lowest BCUT2D eigenvalue weighted by atomic mass is 10.2. The van der Waals surface area contributed by atoms with Gasteiger partial charge in [-0.2, -0.15) is 4.31 Å². The average molecular weight is 326 g/mol. The van der Waals surface area contributed by atoms with Crippen LogP contribution in [0.1, 0.15) is 12.5 Å². The minimum Gasteiger partial charge on any atom is -0.468 e. The second-order valence-corrected chi connectivity index (χ2v) is 7.39. The number of carbonyl (C=O) groups excluding carboxylic acids is 1. The van der Waals surface area contributed by atoms with Crippen molar-refractivity contribution in [2.45, 2.75) is 24.8 Å². The molecule has 1 aliphatic rings. The Morgan fingerprint density at radius 3 is 2.18 bits per heavy atom. The summed E-state index contributed by atoms with van der Waals surface area (Å²) < 4.78 is 31.4. The zero-order valence-corrected chi connectivity index (χ0v) is 14.0. The molecule has 0 saturated carbocycles. The molecule has 0 bridgehead atoms. The molecule has 7 heteroatoms. The molecule has 2 rings (SSSR count). The predicted octanol–water partition coefficient (Wildman–Crippen LogP) is 0.863. The summed E-state index contributed by atoms with van der Waals surface area (Å²) in [6.07, 6.45) is 0. The maximum absolute atomic E-state index is 12.6. The lowest BCUT2D eigenvalue weighted by Gasteiger charge is -2.36. The molecular weight excluding hydrogens is 304 g/mol. The molecule has 1 unspecified atom stereocenters. The Kier molecular flexibility index (Phi) is 5.20. The van der Waals surface area contributed by atoms with Gasteiger partial charge >= 0.3 is 5.97 Å². The molecule has 6 nitrogen and oxygen atoms in total. The minimum absolute atomic E-state index is 0.296. The highest BCUT2D eigenvalue weighted by atomic mass is 32.2. The van der Waals surface area contributed by atoms with Gasteiger partial charge in [-0.25, -0.2) is 8.42 Å². The first-order valence-electron chi connectivity index (χ1n) is 7.25. The summed E-state index contributed by atoms with van der Waals surface area (Å²) in [6, 6.07) is 6.50. The standard InChI is InChI=1S/C15H22N2O4S/c1-12-4-6-14(7-5-12)22(19,20)17-10-8-16(9-11-17)13(2)15(18)21-3/h4-7,13H,8-11H2,1-3H3. The number of rotatable bonds is 4. The Labute approximate surface area is 131 Å².